The molecule has 0 unspecified atom stereocenters. The van der Waals surface area contributed by atoms with Crippen LogP contribution in [0, 0.1) is 19.7 Å². The van der Waals surface area contributed by atoms with Gasteiger partial charge in [-0.3, -0.25) is 4.79 Å². The van der Waals surface area contributed by atoms with Crippen molar-refractivity contribution in [3.63, 3.8) is 0 Å². The summed E-state index contributed by atoms with van der Waals surface area (Å²) in [5, 5.41) is 0. The molecule has 2 aromatic carbocycles. The number of aryl methyl sites for hydroxylation is 1. The summed E-state index contributed by atoms with van der Waals surface area (Å²) in [4.78, 5) is 16.6. The Labute approximate surface area is 148 Å². The molecule has 1 fully saturated rings. The Morgan fingerprint density at radius 3 is 2.36 bits per heavy atom. The third-order valence-corrected chi connectivity index (χ3v) is 4.80. The fourth-order valence-corrected chi connectivity index (χ4v) is 3.09. The molecule has 1 saturated heterocycles. The molecule has 130 valence electrons. The van der Waals surface area contributed by atoms with E-state index in [0.717, 1.165) is 18.7 Å². The van der Waals surface area contributed by atoms with Gasteiger partial charge in [0.25, 0.3) is 0 Å². The first-order chi connectivity index (χ1) is 12.0. The SMILES string of the molecule is Cc1cccc(N2CCN(C(=O)/C=C/c3ccc(F)cc3)CC2)c1C. The van der Waals surface area contributed by atoms with Crippen LogP contribution in [0.3, 0.4) is 0 Å². The minimum absolute atomic E-state index is 0.00457. The standard InChI is InChI=1S/C21H23FN2O/c1-16-4-3-5-20(17(16)2)23-12-14-24(15-13-23)21(25)11-8-18-6-9-19(22)10-7-18/h3-11H,12-15H2,1-2H3/b11-8+. The first kappa shape index (κ1) is 17.2. The van der Waals surface area contributed by atoms with Gasteiger partial charge >= 0.3 is 0 Å². The quantitative estimate of drug-likeness (QED) is 0.795. The Bertz CT molecular complexity index is 775. The van der Waals surface area contributed by atoms with Gasteiger partial charge in [0, 0.05) is 37.9 Å². The lowest BCUT2D eigenvalue weighted by Gasteiger charge is -2.36. The highest BCUT2D eigenvalue weighted by molar-refractivity contribution is 5.92. The first-order valence-electron chi connectivity index (χ1n) is 8.58. The van der Waals surface area contributed by atoms with Crippen molar-refractivity contribution in [3.8, 4) is 0 Å². The summed E-state index contributed by atoms with van der Waals surface area (Å²) in [5.41, 5.74) is 4.68. The van der Waals surface area contributed by atoms with E-state index in [4.69, 9.17) is 0 Å². The van der Waals surface area contributed by atoms with Gasteiger partial charge < -0.3 is 9.80 Å². The minimum atomic E-state index is -0.272. The summed E-state index contributed by atoms with van der Waals surface area (Å²) in [5.74, 6) is -0.268. The molecule has 25 heavy (non-hydrogen) atoms. The molecule has 0 aromatic heterocycles. The fraction of sp³-hybridized carbons (Fsp3) is 0.286. The Balaban J connectivity index is 1.59. The second kappa shape index (κ2) is 7.51. The van der Waals surface area contributed by atoms with Gasteiger partial charge in [0.15, 0.2) is 0 Å². The molecule has 1 aliphatic rings. The van der Waals surface area contributed by atoms with Crippen molar-refractivity contribution in [2.45, 2.75) is 13.8 Å². The lowest BCUT2D eigenvalue weighted by molar-refractivity contribution is -0.126. The normalized spacial score (nSPS) is 15.0. The number of amides is 1. The maximum Gasteiger partial charge on any atom is 0.246 e. The van der Waals surface area contributed by atoms with Gasteiger partial charge in [-0.15, -0.1) is 0 Å². The first-order valence-corrected chi connectivity index (χ1v) is 8.58. The van der Waals surface area contributed by atoms with Crippen LogP contribution >= 0.6 is 0 Å². The maximum absolute atomic E-state index is 12.9. The molecular formula is C21H23FN2O. The average molecular weight is 338 g/mol. The third-order valence-electron chi connectivity index (χ3n) is 4.80. The Morgan fingerprint density at radius 1 is 1.00 bits per heavy atom. The number of carbonyl (C=O) groups excluding carboxylic acids is 1. The highest BCUT2D eigenvalue weighted by Crippen LogP contribution is 2.23. The predicted octanol–water partition coefficient (Wildman–Crippen LogP) is 3.80. The summed E-state index contributed by atoms with van der Waals surface area (Å²) < 4.78 is 12.9. The van der Waals surface area contributed by atoms with Crippen LogP contribution in [0.2, 0.25) is 0 Å². The molecule has 0 spiro atoms. The summed E-state index contributed by atoms with van der Waals surface area (Å²) in [6, 6.07) is 12.5. The van der Waals surface area contributed by atoms with Crippen molar-refractivity contribution < 1.29 is 9.18 Å². The number of nitrogens with zero attached hydrogens (tertiary/aromatic N) is 2. The van der Waals surface area contributed by atoms with E-state index in [1.807, 2.05) is 4.90 Å². The van der Waals surface area contributed by atoms with Crippen LogP contribution < -0.4 is 4.90 Å². The molecule has 4 heteroatoms. The topological polar surface area (TPSA) is 23.6 Å². The number of hydrogen-bond donors (Lipinski definition) is 0. The predicted molar refractivity (Wildman–Crippen MR) is 100 cm³/mol. The van der Waals surface area contributed by atoms with E-state index >= 15 is 0 Å². The van der Waals surface area contributed by atoms with E-state index in [9.17, 15) is 9.18 Å². The van der Waals surface area contributed by atoms with Crippen LogP contribution in [0.25, 0.3) is 6.08 Å². The molecule has 0 radical (unpaired) electrons. The second-order valence-corrected chi connectivity index (χ2v) is 6.42. The fourth-order valence-electron chi connectivity index (χ4n) is 3.09. The van der Waals surface area contributed by atoms with Gasteiger partial charge in [0.05, 0.1) is 0 Å². The molecule has 0 N–H and O–H groups in total. The highest BCUT2D eigenvalue weighted by Gasteiger charge is 2.20. The van der Waals surface area contributed by atoms with E-state index in [2.05, 4.69) is 36.9 Å². The smallest absolute Gasteiger partial charge is 0.246 e. The number of rotatable bonds is 3. The number of anilines is 1. The Morgan fingerprint density at radius 2 is 1.68 bits per heavy atom. The van der Waals surface area contributed by atoms with E-state index in [0.29, 0.717) is 13.1 Å². The van der Waals surface area contributed by atoms with Crippen molar-refractivity contribution in [2.75, 3.05) is 31.1 Å². The van der Waals surface area contributed by atoms with Crippen molar-refractivity contribution in [2.24, 2.45) is 0 Å². The second-order valence-electron chi connectivity index (χ2n) is 6.42. The molecule has 0 bridgehead atoms. The van der Waals surface area contributed by atoms with Gasteiger partial charge in [-0.05, 0) is 54.8 Å². The minimum Gasteiger partial charge on any atom is -0.368 e. The maximum atomic E-state index is 12.9. The zero-order valence-electron chi connectivity index (χ0n) is 14.7. The van der Waals surface area contributed by atoms with E-state index in [1.54, 1.807) is 24.3 Å². The molecule has 0 saturated carbocycles. The highest BCUT2D eigenvalue weighted by atomic mass is 19.1. The molecule has 0 atom stereocenters. The largest absolute Gasteiger partial charge is 0.368 e. The number of hydrogen-bond acceptors (Lipinski definition) is 2. The number of halogens is 1. The molecule has 1 aliphatic heterocycles. The van der Waals surface area contributed by atoms with E-state index in [-0.39, 0.29) is 11.7 Å². The zero-order valence-corrected chi connectivity index (χ0v) is 14.7. The average Bonchev–Trinajstić information content (AvgIpc) is 2.63. The number of piperazine rings is 1. The van der Waals surface area contributed by atoms with Crippen molar-refractivity contribution >= 4 is 17.7 Å². The van der Waals surface area contributed by atoms with Gasteiger partial charge in [-0.2, -0.15) is 0 Å². The molecule has 3 nitrogen and oxygen atoms in total. The molecule has 1 amide bonds. The van der Waals surface area contributed by atoms with Gasteiger partial charge in [0.1, 0.15) is 5.82 Å². The van der Waals surface area contributed by atoms with Crippen LogP contribution in [0.15, 0.2) is 48.5 Å². The van der Waals surface area contributed by atoms with Crippen molar-refractivity contribution in [3.05, 3.63) is 71.0 Å². The molecule has 2 aromatic rings. The molecule has 3 rings (SSSR count). The van der Waals surface area contributed by atoms with E-state index in [1.165, 1.54) is 28.9 Å². The molecule has 0 aliphatic carbocycles. The van der Waals surface area contributed by atoms with Crippen molar-refractivity contribution in [1.82, 2.24) is 4.90 Å². The number of benzene rings is 2. The van der Waals surface area contributed by atoms with Gasteiger partial charge in [0.2, 0.25) is 5.91 Å². The van der Waals surface area contributed by atoms with Gasteiger partial charge in [-0.1, -0.05) is 24.3 Å². The Kier molecular flexibility index (Phi) is 5.17. The number of carbonyl (C=O) groups is 1. The summed E-state index contributed by atoms with van der Waals surface area (Å²) in [6.07, 6.45) is 3.31. The van der Waals surface area contributed by atoms with Crippen LogP contribution in [0.1, 0.15) is 16.7 Å². The summed E-state index contributed by atoms with van der Waals surface area (Å²) in [6.45, 7) is 7.35. The summed E-state index contributed by atoms with van der Waals surface area (Å²) in [7, 11) is 0. The zero-order chi connectivity index (χ0) is 17.8. The summed E-state index contributed by atoms with van der Waals surface area (Å²) >= 11 is 0. The van der Waals surface area contributed by atoms with Crippen LogP contribution in [0.4, 0.5) is 10.1 Å². The molecule has 1 heterocycles. The third kappa shape index (κ3) is 4.08. The lowest BCUT2D eigenvalue weighted by Crippen LogP contribution is -2.48. The van der Waals surface area contributed by atoms with Gasteiger partial charge in [-0.25, -0.2) is 4.39 Å². The van der Waals surface area contributed by atoms with Crippen LogP contribution in [-0.2, 0) is 4.79 Å². The Hall–Kier alpha value is -2.62. The van der Waals surface area contributed by atoms with Crippen molar-refractivity contribution in [1.29, 1.82) is 0 Å². The lowest BCUT2D eigenvalue weighted by atomic mass is 10.1. The molecular weight excluding hydrogens is 315 g/mol. The van der Waals surface area contributed by atoms with Crippen LogP contribution in [0.5, 0.6) is 0 Å². The monoisotopic (exact) mass is 338 g/mol. The van der Waals surface area contributed by atoms with Crippen LogP contribution in [-0.4, -0.2) is 37.0 Å². The van der Waals surface area contributed by atoms with E-state index < -0.39 is 0 Å².